The van der Waals surface area contributed by atoms with Crippen LogP contribution in [0.15, 0.2) is 72.0 Å². The Morgan fingerprint density at radius 2 is 1.68 bits per heavy atom. The van der Waals surface area contributed by atoms with Crippen molar-refractivity contribution in [1.29, 1.82) is 0 Å². The molecule has 1 aromatic heterocycles. The van der Waals surface area contributed by atoms with E-state index in [4.69, 9.17) is 0 Å². The molecule has 0 spiro atoms. The minimum atomic E-state index is -0.243. The molecule has 0 unspecified atom stereocenters. The number of nitrogens with one attached hydrogen (secondary N) is 1. The second kappa shape index (κ2) is 8.65. The van der Waals surface area contributed by atoms with Crippen LogP contribution in [0, 0.1) is 5.92 Å². The van der Waals surface area contributed by atoms with Crippen molar-refractivity contribution in [2.24, 2.45) is 11.0 Å². The summed E-state index contributed by atoms with van der Waals surface area (Å²) in [6.45, 7) is 0. The molecule has 3 aromatic rings. The number of hydrogen-bond donors (Lipinski definition) is 1. The van der Waals surface area contributed by atoms with Gasteiger partial charge in [0, 0.05) is 18.0 Å². The highest BCUT2D eigenvalue weighted by atomic mass is 16.2. The number of carbonyl (C=O) groups excluding carboxylic acids is 1. The molecule has 0 aliphatic heterocycles. The fourth-order valence-electron chi connectivity index (χ4n) is 3.61. The Bertz CT molecular complexity index is 941. The van der Waals surface area contributed by atoms with Crippen LogP contribution in [0.3, 0.4) is 0 Å². The van der Waals surface area contributed by atoms with Gasteiger partial charge in [0.05, 0.1) is 11.3 Å². The molecule has 1 saturated carbocycles. The lowest BCUT2D eigenvalue weighted by Crippen LogP contribution is -2.19. The number of amides is 1. The van der Waals surface area contributed by atoms with Gasteiger partial charge >= 0.3 is 0 Å². The van der Waals surface area contributed by atoms with Crippen LogP contribution in [0.25, 0.3) is 16.9 Å². The first-order chi connectivity index (χ1) is 13.8. The van der Waals surface area contributed by atoms with Crippen LogP contribution in [0.2, 0.25) is 0 Å². The number of aromatic nitrogens is 2. The second-order valence-corrected chi connectivity index (χ2v) is 7.15. The molecule has 0 bridgehead atoms. The van der Waals surface area contributed by atoms with Gasteiger partial charge in [0.15, 0.2) is 0 Å². The quantitative estimate of drug-likeness (QED) is 0.515. The van der Waals surface area contributed by atoms with Gasteiger partial charge in [-0.25, -0.2) is 10.1 Å². The molecule has 1 aliphatic rings. The average molecular weight is 372 g/mol. The number of hydrogen-bond acceptors (Lipinski definition) is 3. The summed E-state index contributed by atoms with van der Waals surface area (Å²) in [5, 5.41) is 8.90. The van der Waals surface area contributed by atoms with Gasteiger partial charge in [-0.05, 0) is 30.9 Å². The Labute approximate surface area is 165 Å². The SMILES string of the molecule is O=C(N/N=C\C1CCCCC1)c1cn(-c2ccccc2)nc1-c1ccccc1. The molecule has 0 atom stereocenters. The molecule has 5 heteroatoms. The summed E-state index contributed by atoms with van der Waals surface area (Å²) in [7, 11) is 0. The molecule has 1 amide bonds. The monoisotopic (exact) mass is 372 g/mol. The summed E-state index contributed by atoms with van der Waals surface area (Å²) in [6, 6.07) is 19.5. The van der Waals surface area contributed by atoms with Crippen LogP contribution in [-0.4, -0.2) is 21.9 Å². The molecule has 1 fully saturated rings. The van der Waals surface area contributed by atoms with Crippen LogP contribution in [0.4, 0.5) is 0 Å². The van der Waals surface area contributed by atoms with Gasteiger partial charge in [0.25, 0.3) is 5.91 Å². The van der Waals surface area contributed by atoms with Gasteiger partial charge in [0.2, 0.25) is 0 Å². The van der Waals surface area contributed by atoms with Crippen molar-refractivity contribution in [2.75, 3.05) is 0 Å². The molecule has 28 heavy (non-hydrogen) atoms. The highest BCUT2D eigenvalue weighted by Gasteiger charge is 2.18. The summed E-state index contributed by atoms with van der Waals surface area (Å²) >= 11 is 0. The lowest BCUT2D eigenvalue weighted by Gasteiger charge is -2.16. The second-order valence-electron chi connectivity index (χ2n) is 7.15. The van der Waals surface area contributed by atoms with Crippen molar-refractivity contribution < 1.29 is 4.79 Å². The molecule has 4 rings (SSSR count). The predicted molar refractivity (Wildman–Crippen MR) is 112 cm³/mol. The number of rotatable bonds is 5. The van der Waals surface area contributed by atoms with Crippen molar-refractivity contribution in [2.45, 2.75) is 32.1 Å². The molecule has 5 nitrogen and oxygen atoms in total. The van der Waals surface area contributed by atoms with Gasteiger partial charge < -0.3 is 0 Å². The Hall–Kier alpha value is -3.21. The molecular weight excluding hydrogens is 348 g/mol. The number of hydrazone groups is 1. The summed E-state index contributed by atoms with van der Waals surface area (Å²) in [6.07, 6.45) is 9.75. The number of carbonyl (C=O) groups is 1. The first kappa shape index (κ1) is 18.2. The number of para-hydroxylation sites is 1. The summed E-state index contributed by atoms with van der Waals surface area (Å²) < 4.78 is 1.74. The number of nitrogens with zero attached hydrogens (tertiary/aromatic N) is 3. The molecule has 1 aliphatic carbocycles. The Morgan fingerprint density at radius 3 is 2.39 bits per heavy atom. The molecule has 2 aromatic carbocycles. The molecule has 1 heterocycles. The van der Waals surface area contributed by atoms with E-state index in [1.54, 1.807) is 10.9 Å². The normalized spacial score (nSPS) is 15.0. The molecule has 0 saturated heterocycles. The molecule has 1 N–H and O–H groups in total. The molecular formula is C23H24N4O. The van der Waals surface area contributed by atoms with Crippen LogP contribution < -0.4 is 5.43 Å². The van der Waals surface area contributed by atoms with Gasteiger partial charge in [-0.15, -0.1) is 0 Å². The van der Waals surface area contributed by atoms with E-state index in [1.165, 1.54) is 19.3 Å². The van der Waals surface area contributed by atoms with E-state index in [0.29, 0.717) is 17.2 Å². The fourth-order valence-corrected chi connectivity index (χ4v) is 3.61. The zero-order valence-electron chi connectivity index (χ0n) is 15.8. The van der Waals surface area contributed by atoms with Crippen LogP contribution in [-0.2, 0) is 0 Å². The third-order valence-corrected chi connectivity index (χ3v) is 5.13. The minimum absolute atomic E-state index is 0.243. The van der Waals surface area contributed by atoms with Crippen molar-refractivity contribution in [3.63, 3.8) is 0 Å². The van der Waals surface area contributed by atoms with Gasteiger partial charge in [-0.1, -0.05) is 67.8 Å². The third-order valence-electron chi connectivity index (χ3n) is 5.13. The maximum Gasteiger partial charge on any atom is 0.275 e. The molecule has 0 radical (unpaired) electrons. The Balaban J connectivity index is 1.60. The van der Waals surface area contributed by atoms with Gasteiger partial charge in [0.1, 0.15) is 5.69 Å². The summed E-state index contributed by atoms with van der Waals surface area (Å²) in [4.78, 5) is 12.8. The average Bonchev–Trinajstić information content (AvgIpc) is 3.21. The zero-order valence-corrected chi connectivity index (χ0v) is 15.8. The lowest BCUT2D eigenvalue weighted by molar-refractivity contribution is 0.0955. The first-order valence-electron chi connectivity index (χ1n) is 9.85. The maximum atomic E-state index is 12.8. The number of benzene rings is 2. The van der Waals surface area contributed by atoms with E-state index in [2.05, 4.69) is 15.6 Å². The topological polar surface area (TPSA) is 59.3 Å². The smallest absolute Gasteiger partial charge is 0.267 e. The van der Waals surface area contributed by atoms with Crippen LogP contribution >= 0.6 is 0 Å². The fraction of sp³-hybridized carbons (Fsp3) is 0.261. The van der Waals surface area contributed by atoms with E-state index in [1.807, 2.05) is 66.9 Å². The standard InChI is InChI=1S/C23H24N4O/c28-23(25-24-16-18-10-4-1-5-11-18)21-17-27(20-14-8-3-9-15-20)26-22(21)19-12-6-2-7-13-19/h2-3,6-9,12-18H,1,4-5,10-11H2,(H,25,28)/b24-16-. The zero-order chi connectivity index (χ0) is 19.2. The predicted octanol–water partition coefficient (Wildman–Crippen LogP) is 4.84. The van der Waals surface area contributed by atoms with Crippen molar-refractivity contribution in [3.8, 4) is 16.9 Å². The summed E-state index contributed by atoms with van der Waals surface area (Å²) in [5.41, 5.74) is 5.66. The van der Waals surface area contributed by atoms with E-state index in [-0.39, 0.29) is 5.91 Å². The van der Waals surface area contributed by atoms with Crippen molar-refractivity contribution >= 4 is 12.1 Å². The summed E-state index contributed by atoms with van der Waals surface area (Å²) in [5.74, 6) is 0.225. The van der Waals surface area contributed by atoms with Crippen LogP contribution in [0.1, 0.15) is 42.5 Å². The van der Waals surface area contributed by atoms with Crippen molar-refractivity contribution in [1.82, 2.24) is 15.2 Å². The van der Waals surface area contributed by atoms with E-state index in [0.717, 1.165) is 24.1 Å². The Morgan fingerprint density at radius 1 is 1.00 bits per heavy atom. The largest absolute Gasteiger partial charge is 0.275 e. The molecule has 142 valence electrons. The van der Waals surface area contributed by atoms with Gasteiger partial charge in [-0.3, -0.25) is 4.79 Å². The minimum Gasteiger partial charge on any atom is -0.267 e. The first-order valence-corrected chi connectivity index (χ1v) is 9.85. The third kappa shape index (κ3) is 4.19. The van der Waals surface area contributed by atoms with E-state index >= 15 is 0 Å². The van der Waals surface area contributed by atoms with Crippen LogP contribution in [0.5, 0.6) is 0 Å². The highest BCUT2D eigenvalue weighted by molar-refractivity contribution is 6.00. The Kier molecular flexibility index (Phi) is 5.61. The lowest BCUT2D eigenvalue weighted by atomic mass is 9.90. The maximum absolute atomic E-state index is 12.8. The van der Waals surface area contributed by atoms with Gasteiger partial charge in [-0.2, -0.15) is 10.2 Å². The van der Waals surface area contributed by atoms with Crippen molar-refractivity contribution in [3.05, 3.63) is 72.4 Å². The highest BCUT2D eigenvalue weighted by Crippen LogP contribution is 2.24. The van der Waals surface area contributed by atoms with E-state index in [9.17, 15) is 4.79 Å². The van der Waals surface area contributed by atoms with E-state index < -0.39 is 0 Å².